The molecular formula is C17H36. The van der Waals surface area contributed by atoms with Crippen LogP contribution in [0.4, 0.5) is 0 Å². The molecule has 3 atom stereocenters. The van der Waals surface area contributed by atoms with E-state index in [1.54, 1.807) is 0 Å². The van der Waals surface area contributed by atoms with Crippen molar-refractivity contribution in [3.8, 4) is 0 Å². The van der Waals surface area contributed by atoms with E-state index in [9.17, 15) is 0 Å². The molecule has 0 N–H and O–H groups in total. The molecule has 0 heterocycles. The van der Waals surface area contributed by atoms with E-state index >= 15 is 0 Å². The largest absolute Gasteiger partial charge is 0.0776 e. The molecule has 2 saturated carbocycles. The summed E-state index contributed by atoms with van der Waals surface area (Å²) in [6.45, 7) is 17.6. The van der Waals surface area contributed by atoms with E-state index in [1.807, 2.05) is 0 Å². The Morgan fingerprint density at radius 1 is 0.882 bits per heavy atom. The zero-order chi connectivity index (χ0) is 11.7. The van der Waals surface area contributed by atoms with Crippen LogP contribution in [0.5, 0.6) is 0 Å². The van der Waals surface area contributed by atoms with Crippen molar-refractivity contribution < 1.29 is 0 Å². The fraction of sp³-hybridized carbons (Fsp3) is 1.00. The monoisotopic (exact) mass is 240 g/mol. The van der Waals surface area contributed by atoms with E-state index in [0.717, 1.165) is 5.92 Å². The molecule has 0 aliphatic heterocycles. The summed E-state index contributed by atoms with van der Waals surface area (Å²) in [4.78, 5) is 0. The van der Waals surface area contributed by atoms with Gasteiger partial charge in [-0.3, -0.25) is 0 Å². The van der Waals surface area contributed by atoms with Gasteiger partial charge in [0.2, 0.25) is 0 Å². The van der Waals surface area contributed by atoms with Gasteiger partial charge in [-0.1, -0.05) is 63.3 Å². The molecule has 0 aromatic rings. The van der Waals surface area contributed by atoms with Crippen LogP contribution in [0.15, 0.2) is 0 Å². The average Bonchev–Trinajstić information content (AvgIpc) is 2.40. The number of hydrogen-bond acceptors (Lipinski definition) is 0. The lowest BCUT2D eigenvalue weighted by Crippen LogP contribution is -2.45. The Labute approximate surface area is 111 Å². The van der Waals surface area contributed by atoms with E-state index in [4.69, 9.17) is 0 Å². The molecule has 0 aromatic heterocycles. The molecule has 0 radical (unpaired) electrons. The first-order valence-electron chi connectivity index (χ1n) is 6.65. The molecule has 2 rings (SSSR count). The molecule has 2 fully saturated rings. The van der Waals surface area contributed by atoms with E-state index < -0.39 is 0 Å². The van der Waals surface area contributed by atoms with Gasteiger partial charge in [-0.25, -0.2) is 0 Å². The summed E-state index contributed by atoms with van der Waals surface area (Å²) in [6, 6.07) is 0. The lowest BCUT2D eigenvalue weighted by molar-refractivity contribution is -0.0422. The minimum absolute atomic E-state index is 0. The van der Waals surface area contributed by atoms with Gasteiger partial charge in [0.1, 0.15) is 0 Å². The predicted octanol–water partition coefficient (Wildman–Crippen LogP) is 6.16. The van der Waals surface area contributed by atoms with Gasteiger partial charge in [0.05, 0.1) is 0 Å². The molecule has 2 aliphatic carbocycles. The van der Waals surface area contributed by atoms with Crippen molar-refractivity contribution >= 4 is 0 Å². The van der Waals surface area contributed by atoms with Gasteiger partial charge >= 0.3 is 0 Å². The standard InChI is InChI=1S/C15H28.2CH4/c1-8-14(6)12(2,3)11-9-10-15(14,7)13(11,4)5;;/h11H,8-10H2,1-7H3;2*1H4. The van der Waals surface area contributed by atoms with Gasteiger partial charge in [-0.15, -0.1) is 0 Å². The summed E-state index contributed by atoms with van der Waals surface area (Å²) < 4.78 is 0. The SMILES string of the molecule is C.C.CCC1(C)C(C)(C)C2CCC1(C)C2(C)C. The van der Waals surface area contributed by atoms with E-state index in [-0.39, 0.29) is 14.9 Å². The first-order chi connectivity index (χ1) is 6.65. The summed E-state index contributed by atoms with van der Waals surface area (Å²) in [5, 5.41) is 0. The Kier molecular flexibility index (Phi) is 4.00. The Hall–Kier alpha value is 0. The van der Waals surface area contributed by atoms with Gasteiger partial charge in [0, 0.05) is 0 Å². The fourth-order valence-corrected chi connectivity index (χ4v) is 5.69. The van der Waals surface area contributed by atoms with Crippen LogP contribution in [-0.2, 0) is 0 Å². The van der Waals surface area contributed by atoms with Gasteiger partial charge < -0.3 is 0 Å². The zero-order valence-electron chi connectivity index (χ0n) is 11.7. The predicted molar refractivity (Wildman–Crippen MR) is 80.3 cm³/mol. The molecule has 2 bridgehead atoms. The molecule has 17 heavy (non-hydrogen) atoms. The second-order valence-electron chi connectivity index (χ2n) is 7.55. The van der Waals surface area contributed by atoms with Crippen LogP contribution in [0.1, 0.15) is 82.6 Å². The molecule has 0 nitrogen and oxygen atoms in total. The number of rotatable bonds is 1. The summed E-state index contributed by atoms with van der Waals surface area (Å²) in [5.74, 6) is 0.917. The fourth-order valence-electron chi connectivity index (χ4n) is 5.69. The third-order valence-electron chi connectivity index (χ3n) is 7.44. The first-order valence-corrected chi connectivity index (χ1v) is 6.65. The van der Waals surface area contributed by atoms with Crippen molar-refractivity contribution in [1.29, 1.82) is 0 Å². The van der Waals surface area contributed by atoms with Crippen molar-refractivity contribution in [1.82, 2.24) is 0 Å². The van der Waals surface area contributed by atoms with Crippen LogP contribution < -0.4 is 0 Å². The highest BCUT2D eigenvalue weighted by Gasteiger charge is 2.73. The van der Waals surface area contributed by atoms with Crippen LogP contribution in [0.25, 0.3) is 0 Å². The summed E-state index contributed by atoms with van der Waals surface area (Å²) >= 11 is 0. The number of hydrogen-bond donors (Lipinski definition) is 0. The van der Waals surface area contributed by atoms with Crippen molar-refractivity contribution in [2.24, 2.45) is 27.6 Å². The topological polar surface area (TPSA) is 0 Å². The lowest BCUT2D eigenvalue weighted by Gasteiger charge is -2.53. The van der Waals surface area contributed by atoms with Crippen LogP contribution in [-0.4, -0.2) is 0 Å². The molecule has 0 spiro atoms. The lowest BCUT2D eigenvalue weighted by atomic mass is 9.52. The average molecular weight is 240 g/mol. The normalized spacial score (nSPS) is 45.0. The summed E-state index contributed by atoms with van der Waals surface area (Å²) in [5.41, 5.74) is 2.11. The molecular weight excluding hydrogens is 204 g/mol. The van der Waals surface area contributed by atoms with Crippen LogP contribution in [0.3, 0.4) is 0 Å². The Morgan fingerprint density at radius 3 is 1.59 bits per heavy atom. The minimum atomic E-state index is 0. The highest BCUT2D eigenvalue weighted by atomic mass is 14.8. The maximum absolute atomic E-state index is 2.56. The van der Waals surface area contributed by atoms with E-state index in [2.05, 4.69) is 48.5 Å². The Morgan fingerprint density at radius 2 is 1.35 bits per heavy atom. The minimum Gasteiger partial charge on any atom is -0.0776 e. The van der Waals surface area contributed by atoms with Crippen molar-refractivity contribution in [3.63, 3.8) is 0 Å². The molecule has 3 unspecified atom stereocenters. The second-order valence-corrected chi connectivity index (χ2v) is 7.55. The zero-order valence-corrected chi connectivity index (χ0v) is 11.7. The number of fused-ring (bicyclic) bond motifs is 2. The maximum atomic E-state index is 2.56. The highest BCUT2D eigenvalue weighted by molar-refractivity contribution is 5.21. The van der Waals surface area contributed by atoms with Crippen LogP contribution in [0, 0.1) is 27.6 Å². The molecule has 0 amide bonds. The molecule has 0 aromatic carbocycles. The first kappa shape index (κ1) is 17.0. The van der Waals surface area contributed by atoms with Gasteiger partial charge in [-0.2, -0.15) is 0 Å². The van der Waals surface area contributed by atoms with Crippen molar-refractivity contribution in [3.05, 3.63) is 0 Å². The van der Waals surface area contributed by atoms with Crippen molar-refractivity contribution in [2.75, 3.05) is 0 Å². The Balaban J connectivity index is 0.00000128. The highest BCUT2D eigenvalue weighted by Crippen LogP contribution is 2.80. The molecule has 0 heteroatoms. The maximum Gasteiger partial charge on any atom is -0.0213 e. The Bertz CT molecular complexity index is 284. The second kappa shape index (κ2) is 4.00. The van der Waals surface area contributed by atoms with Crippen LogP contribution >= 0.6 is 0 Å². The molecule has 2 aliphatic rings. The third-order valence-corrected chi connectivity index (χ3v) is 7.44. The van der Waals surface area contributed by atoms with Gasteiger partial charge in [0.15, 0.2) is 0 Å². The van der Waals surface area contributed by atoms with Crippen LogP contribution in [0.2, 0.25) is 0 Å². The smallest absolute Gasteiger partial charge is 0.0213 e. The molecule has 104 valence electrons. The quantitative estimate of drug-likeness (QED) is 0.515. The van der Waals surface area contributed by atoms with Crippen molar-refractivity contribution in [2.45, 2.75) is 82.6 Å². The molecule has 0 saturated heterocycles. The third kappa shape index (κ3) is 1.36. The van der Waals surface area contributed by atoms with E-state index in [0.29, 0.717) is 21.7 Å². The van der Waals surface area contributed by atoms with E-state index in [1.165, 1.54) is 19.3 Å². The summed E-state index contributed by atoms with van der Waals surface area (Å²) in [7, 11) is 0. The van der Waals surface area contributed by atoms with Gasteiger partial charge in [-0.05, 0) is 46.8 Å². The van der Waals surface area contributed by atoms with Gasteiger partial charge in [0.25, 0.3) is 0 Å². The summed E-state index contributed by atoms with van der Waals surface area (Å²) in [6.07, 6.45) is 4.22.